The van der Waals surface area contributed by atoms with Crippen molar-refractivity contribution >= 4 is 29.3 Å². The Kier molecular flexibility index (Phi) is 7.16. The Hall–Kier alpha value is -3.69. The van der Waals surface area contributed by atoms with Crippen LogP contribution in [0.2, 0.25) is 0 Å². The minimum atomic E-state index is -5.22. The van der Waals surface area contributed by atoms with Gasteiger partial charge in [0.1, 0.15) is 18.1 Å². The standard InChI is InChI=1S/C28H33F4N5O4/c1-13-7-8-17-15(9-13)27(29,23(40)35-17)10-14(11-33)34-21(38)19-18-16(26(18,5)6)12-37(19)22(39)20(25(2,3)4)36-24(41)28(30,31)32/h7-9,14,16,18-20H,10,12H2,1-6H3,(H,34,38)(H,35,40)(H,36,41)/t14?,16-,18+,19-,20+,27?/m0/s1. The third-order valence-electron chi connectivity index (χ3n) is 8.57. The molecule has 2 unspecified atom stereocenters. The predicted molar refractivity (Wildman–Crippen MR) is 138 cm³/mol. The van der Waals surface area contributed by atoms with Gasteiger partial charge in [-0.3, -0.25) is 19.2 Å². The number of amides is 4. The molecule has 2 fully saturated rings. The zero-order valence-electron chi connectivity index (χ0n) is 23.6. The number of anilines is 1. The summed E-state index contributed by atoms with van der Waals surface area (Å²) >= 11 is 0. The van der Waals surface area contributed by atoms with Crippen LogP contribution in [-0.4, -0.2) is 59.4 Å². The lowest BCUT2D eigenvalue weighted by atomic mass is 9.85. The molecular weight excluding hydrogens is 546 g/mol. The molecule has 13 heteroatoms. The van der Waals surface area contributed by atoms with Crippen molar-refractivity contribution in [2.45, 2.75) is 77.9 Å². The van der Waals surface area contributed by atoms with E-state index in [1.165, 1.54) is 26.8 Å². The summed E-state index contributed by atoms with van der Waals surface area (Å²) in [4.78, 5) is 52.7. The number of benzene rings is 1. The van der Waals surface area contributed by atoms with Gasteiger partial charge in [0.15, 0.2) is 0 Å². The van der Waals surface area contributed by atoms with Gasteiger partial charge in [-0.25, -0.2) is 4.39 Å². The Balaban J connectivity index is 1.58. The number of nitrogens with zero attached hydrogens (tertiary/aromatic N) is 2. The summed E-state index contributed by atoms with van der Waals surface area (Å²) < 4.78 is 55.2. The van der Waals surface area contributed by atoms with Crippen molar-refractivity contribution in [3.05, 3.63) is 29.3 Å². The summed E-state index contributed by atoms with van der Waals surface area (Å²) in [6.07, 6.45) is -5.91. The highest BCUT2D eigenvalue weighted by Gasteiger charge is 2.70. The van der Waals surface area contributed by atoms with E-state index in [1.54, 1.807) is 24.4 Å². The second-order valence-electron chi connectivity index (χ2n) is 12.9. The van der Waals surface area contributed by atoms with Crippen molar-refractivity contribution in [1.82, 2.24) is 15.5 Å². The molecule has 2 aliphatic heterocycles. The highest BCUT2D eigenvalue weighted by atomic mass is 19.4. The molecule has 9 nitrogen and oxygen atoms in total. The smallest absolute Gasteiger partial charge is 0.338 e. The lowest BCUT2D eigenvalue weighted by molar-refractivity contribution is -0.176. The summed E-state index contributed by atoms with van der Waals surface area (Å²) in [6, 6.07) is 2.30. The molecule has 41 heavy (non-hydrogen) atoms. The summed E-state index contributed by atoms with van der Waals surface area (Å²) in [5, 5.41) is 16.5. The quantitative estimate of drug-likeness (QED) is 0.446. The monoisotopic (exact) mass is 579 g/mol. The topological polar surface area (TPSA) is 131 Å². The van der Waals surface area contributed by atoms with E-state index in [-0.39, 0.29) is 35.0 Å². The van der Waals surface area contributed by atoms with Crippen molar-refractivity contribution in [3.63, 3.8) is 0 Å². The van der Waals surface area contributed by atoms with E-state index in [2.05, 4.69) is 10.6 Å². The van der Waals surface area contributed by atoms with Crippen LogP contribution in [0.5, 0.6) is 0 Å². The van der Waals surface area contributed by atoms with Crippen LogP contribution in [-0.2, 0) is 24.8 Å². The molecule has 3 aliphatic rings. The number of halogens is 4. The third kappa shape index (κ3) is 5.24. The molecule has 2 heterocycles. The number of likely N-dealkylation sites (tertiary alicyclic amines) is 1. The van der Waals surface area contributed by atoms with Crippen LogP contribution < -0.4 is 16.0 Å². The first-order chi connectivity index (χ1) is 18.7. The molecule has 1 aromatic rings. The van der Waals surface area contributed by atoms with Crippen LogP contribution in [0.4, 0.5) is 23.2 Å². The molecule has 6 atom stereocenters. The fourth-order valence-corrected chi connectivity index (χ4v) is 6.15. The number of nitrogens with one attached hydrogen (secondary N) is 3. The van der Waals surface area contributed by atoms with Crippen LogP contribution >= 0.6 is 0 Å². The largest absolute Gasteiger partial charge is 0.471 e. The first kappa shape index (κ1) is 30.3. The van der Waals surface area contributed by atoms with Gasteiger partial charge in [-0.05, 0) is 35.7 Å². The molecule has 4 amide bonds. The normalized spacial score (nSPS) is 27.6. The number of aryl methyl sites for hydroxylation is 1. The van der Waals surface area contributed by atoms with Crippen molar-refractivity contribution in [1.29, 1.82) is 5.26 Å². The van der Waals surface area contributed by atoms with Crippen LogP contribution in [0.1, 0.15) is 52.2 Å². The minimum Gasteiger partial charge on any atom is -0.338 e. The van der Waals surface area contributed by atoms with Gasteiger partial charge in [-0.2, -0.15) is 18.4 Å². The Morgan fingerprint density at radius 2 is 1.83 bits per heavy atom. The number of alkyl halides is 4. The SMILES string of the molecule is Cc1ccc2c(c1)C(F)(CC(C#N)NC(=O)[C@@H]1[C@H]3[C@H](CN1C(=O)[C@@H](NC(=O)C(F)(F)F)C(C)(C)C)C3(C)C)C(=O)N2. The van der Waals surface area contributed by atoms with Crippen LogP contribution in [0.3, 0.4) is 0 Å². The Bertz CT molecular complexity index is 1350. The molecule has 3 N–H and O–H groups in total. The van der Waals surface area contributed by atoms with Gasteiger partial charge in [0.25, 0.3) is 5.91 Å². The van der Waals surface area contributed by atoms with Crippen LogP contribution in [0.25, 0.3) is 0 Å². The zero-order valence-corrected chi connectivity index (χ0v) is 23.6. The van der Waals surface area contributed by atoms with Crippen molar-refractivity contribution in [2.24, 2.45) is 22.7 Å². The molecule has 1 aliphatic carbocycles. The zero-order chi connectivity index (χ0) is 30.9. The highest BCUT2D eigenvalue weighted by molar-refractivity contribution is 6.05. The van der Waals surface area contributed by atoms with E-state index < -0.39 is 65.4 Å². The van der Waals surface area contributed by atoms with Crippen molar-refractivity contribution in [3.8, 4) is 6.07 Å². The molecule has 1 saturated carbocycles. The predicted octanol–water partition coefficient (Wildman–Crippen LogP) is 3.09. The van der Waals surface area contributed by atoms with E-state index in [1.807, 2.05) is 19.9 Å². The number of fused-ring (bicyclic) bond motifs is 2. The number of piperidine rings is 1. The number of carbonyl (C=O) groups excluding carboxylic acids is 4. The van der Waals surface area contributed by atoms with Gasteiger partial charge >= 0.3 is 12.1 Å². The summed E-state index contributed by atoms with van der Waals surface area (Å²) in [6.45, 7) is 10.0. The Morgan fingerprint density at radius 3 is 2.39 bits per heavy atom. The number of nitriles is 1. The lowest BCUT2D eigenvalue weighted by Gasteiger charge is -2.38. The van der Waals surface area contributed by atoms with Crippen molar-refractivity contribution in [2.75, 3.05) is 11.9 Å². The van der Waals surface area contributed by atoms with Gasteiger partial charge in [-0.15, -0.1) is 0 Å². The first-order valence-corrected chi connectivity index (χ1v) is 13.2. The molecule has 1 saturated heterocycles. The highest BCUT2D eigenvalue weighted by Crippen LogP contribution is 2.65. The summed E-state index contributed by atoms with van der Waals surface area (Å²) in [7, 11) is 0. The Labute approximate surface area is 235 Å². The van der Waals surface area contributed by atoms with Gasteiger partial charge in [0.2, 0.25) is 17.5 Å². The number of hydrogen-bond donors (Lipinski definition) is 3. The number of hydrogen-bond acceptors (Lipinski definition) is 5. The average Bonchev–Trinajstić information content (AvgIpc) is 3.13. The molecule has 0 aromatic heterocycles. The summed E-state index contributed by atoms with van der Waals surface area (Å²) in [5.74, 6) is -5.42. The number of carbonyl (C=O) groups is 4. The second-order valence-corrected chi connectivity index (χ2v) is 12.9. The molecular formula is C28H33F4N5O4. The Morgan fingerprint density at radius 1 is 1.20 bits per heavy atom. The first-order valence-electron chi connectivity index (χ1n) is 13.2. The van der Waals surface area contributed by atoms with Crippen LogP contribution in [0, 0.1) is 40.9 Å². The van der Waals surface area contributed by atoms with E-state index >= 15 is 4.39 Å². The van der Waals surface area contributed by atoms with Gasteiger partial charge < -0.3 is 20.9 Å². The second kappa shape index (κ2) is 9.70. The van der Waals surface area contributed by atoms with E-state index in [9.17, 15) is 37.6 Å². The molecule has 0 spiro atoms. The molecule has 0 bridgehead atoms. The van der Waals surface area contributed by atoms with E-state index in [4.69, 9.17) is 0 Å². The van der Waals surface area contributed by atoms with Crippen LogP contribution in [0.15, 0.2) is 18.2 Å². The molecule has 1 aromatic carbocycles. The maximum Gasteiger partial charge on any atom is 0.471 e. The summed E-state index contributed by atoms with van der Waals surface area (Å²) in [5.41, 5.74) is -3.12. The maximum absolute atomic E-state index is 16.1. The van der Waals surface area contributed by atoms with Gasteiger partial charge in [0.05, 0.1) is 6.07 Å². The molecule has 0 radical (unpaired) electrons. The number of rotatable bonds is 6. The van der Waals surface area contributed by atoms with Crippen molar-refractivity contribution < 1.29 is 36.7 Å². The average molecular weight is 580 g/mol. The fourth-order valence-electron chi connectivity index (χ4n) is 6.15. The fraction of sp³-hybridized carbons (Fsp3) is 0.607. The third-order valence-corrected chi connectivity index (χ3v) is 8.57. The van der Waals surface area contributed by atoms with E-state index in [0.29, 0.717) is 5.56 Å². The van der Waals surface area contributed by atoms with Gasteiger partial charge in [-0.1, -0.05) is 52.3 Å². The molecule has 4 rings (SSSR count). The van der Waals surface area contributed by atoms with E-state index in [0.717, 1.165) is 4.90 Å². The maximum atomic E-state index is 16.1. The van der Waals surface area contributed by atoms with Gasteiger partial charge in [0, 0.05) is 24.2 Å². The lowest BCUT2D eigenvalue weighted by Crippen LogP contribution is -2.61. The molecule has 222 valence electrons. The minimum absolute atomic E-state index is 0.0477.